The summed E-state index contributed by atoms with van der Waals surface area (Å²) in [6, 6.07) is 4.99. The average molecular weight is 302 g/mol. The third-order valence-electron chi connectivity index (χ3n) is 3.44. The number of halogens is 2. The summed E-state index contributed by atoms with van der Waals surface area (Å²) in [6.07, 6.45) is 3.77. The number of hydrogen-bond donors (Lipinski definition) is 1. The summed E-state index contributed by atoms with van der Waals surface area (Å²) >= 11 is 5.80. The molecule has 0 heterocycles. The fourth-order valence-electron chi connectivity index (χ4n) is 2.36. The Morgan fingerprint density at radius 3 is 2.60 bits per heavy atom. The molecule has 0 fully saturated rings. The molecular weight excluding hydrogens is 277 g/mol. The first kappa shape index (κ1) is 17.4. The highest BCUT2D eigenvalue weighted by atomic mass is 35.5. The second kappa shape index (κ2) is 9.32. The van der Waals surface area contributed by atoms with Gasteiger partial charge in [-0.1, -0.05) is 37.9 Å². The molecule has 2 nitrogen and oxygen atoms in total. The van der Waals surface area contributed by atoms with Crippen LogP contribution in [0.1, 0.15) is 38.7 Å². The van der Waals surface area contributed by atoms with Gasteiger partial charge >= 0.3 is 0 Å². The van der Waals surface area contributed by atoms with Crippen LogP contribution >= 0.6 is 11.6 Å². The molecule has 0 radical (unpaired) electrons. The lowest BCUT2D eigenvalue weighted by Crippen LogP contribution is -2.43. The Hall–Kier alpha value is -0.640. The zero-order valence-corrected chi connectivity index (χ0v) is 13.3. The van der Waals surface area contributed by atoms with Crippen LogP contribution in [0, 0.1) is 5.82 Å². The van der Waals surface area contributed by atoms with Gasteiger partial charge in [0, 0.05) is 18.2 Å². The molecular formula is C16H25ClFNO. The van der Waals surface area contributed by atoms with Crippen molar-refractivity contribution < 1.29 is 9.13 Å². The Balaban J connectivity index is 2.81. The van der Waals surface area contributed by atoms with Crippen LogP contribution in [-0.4, -0.2) is 25.8 Å². The Labute approximate surface area is 126 Å². The third-order valence-corrected chi connectivity index (χ3v) is 3.67. The molecule has 2 atom stereocenters. The first-order valence-corrected chi connectivity index (χ1v) is 7.70. The number of ether oxygens (including phenoxy) is 1. The summed E-state index contributed by atoms with van der Waals surface area (Å²) in [6.45, 7) is 5.16. The molecule has 4 heteroatoms. The van der Waals surface area contributed by atoms with Gasteiger partial charge in [0.1, 0.15) is 5.82 Å². The molecule has 0 aliphatic rings. The largest absolute Gasteiger partial charge is 0.380 e. The predicted octanol–water partition coefficient (Wildman–Crippen LogP) is 4.20. The molecule has 114 valence electrons. The number of benzene rings is 1. The zero-order chi connectivity index (χ0) is 15.0. The minimum Gasteiger partial charge on any atom is -0.380 e. The van der Waals surface area contributed by atoms with E-state index in [0.717, 1.165) is 25.8 Å². The molecule has 0 aliphatic carbocycles. The van der Waals surface area contributed by atoms with E-state index in [1.807, 2.05) is 0 Å². The normalized spacial score (nSPS) is 14.2. The summed E-state index contributed by atoms with van der Waals surface area (Å²) < 4.78 is 19.5. The van der Waals surface area contributed by atoms with E-state index >= 15 is 0 Å². The van der Waals surface area contributed by atoms with Gasteiger partial charge in [-0.25, -0.2) is 4.39 Å². The van der Waals surface area contributed by atoms with Gasteiger partial charge in [0.25, 0.3) is 0 Å². The second-order valence-corrected chi connectivity index (χ2v) is 5.50. The van der Waals surface area contributed by atoms with E-state index in [-0.39, 0.29) is 18.0 Å². The van der Waals surface area contributed by atoms with E-state index in [4.69, 9.17) is 16.3 Å². The minimum absolute atomic E-state index is 0.0987. The first-order chi connectivity index (χ1) is 9.62. The third kappa shape index (κ3) is 5.39. The Kier molecular flexibility index (Phi) is 8.12. The van der Waals surface area contributed by atoms with E-state index in [1.54, 1.807) is 19.2 Å². The summed E-state index contributed by atoms with van der Waals surface area (Å²) in [5.41, 5.74) is 0.682. The zero-order valence-electron chi connectivity index (χ0n) is 12.6. The van der Waals surface area contributed by atoms with Crippen LogP contribution in [0.4, 0.5) is 4.39 Å². The maximum Gasteiger partial charge on any atom is 0.127 e. The fourth-order valence-corrected chi connectivity index (χ4v) is 2.52. The molecule has 0 bridgehead atoms. The van der Waals surface area contributed by atoms with Crippen LogP contribution in [-0.2, 0) is 11.2 Å². The SMILES string of the molecule is CCCNC(Cc1ccc(Cl)cc1F)C(CCC)OC. The van der Waals surface area contributed by atoms with Gasteiger partial charge < -0.3 is 10.1 Å². The van der Waals surface area contributed by atoms with Crippen LogP contribution in [0.25, 0.3) is 0 Å². The van der Waals surface area contributed by atoms with Gasteiger partial charge in [0.05, 0.1) is 6.10 Å². The van der Waals surface area contributed by atoms with Crippen molar-refractivity contribution >= 4 is 11.6 Å². The van der Waals surface area contributed by atoms with E-state index < -0.39 is 0 Å². The lowest BCUT2D eigenvalue weighted by molar-refractivity contribution is 0.0606. The van der Waals surface area contributed by atoms with Crippen molar-refractivity contribution in [2.45, 2.75) is 51.7 Å². The number of rotatable bonds is 9. The quantitative estimate of drug-likeness (QED) is 0.738. The molecule has 0 saturated heterocycles. The van der Waals surface area contributed by atoms with E-state index in [2.05, 4.69) is 19.2 Å². The molecule has 0 aliphatic heterocycles. The Bertz CT molecular complexity index is 400. The molecule has 0 amide bonds. The summed E-state index contributed by atoms with van der Waals surface area (Å²) in [4.78, 5) is 0. The smallest absolute Gasteiger partial charge is 0.127 e. The molecule has 1 N–H and O–H groups in total. The summed E-state index contributed by atoms with van der Waals surface area (Å²) in [7, 11) is 1.72. The van der Waals surface area contributed by atoms with Crippen molar-refractivity contribution in [1.82, 2.24) is 5.32 Å². The second-order valence-electron chi connectivity index (χ2n) is 5.06. The van der Waals surface area contributed by atoms with Crippen molar-refractivity contribution in [3.63, 3.8) is 0 Å². The Morgan fingerprint density at radius 1 is 1.30 bits per heavy atom. The molecule has 2 unspecified atom stereocenters. The predicted molar refractivity (Wildman–Crippen MR) is 82.9 cm³/mol. The van der Waals surface area contributed by atoms with E-state index in [0.29, 0.717) is 17.0 Å². The fraction of sp³-hybridized carbons (Fsp3) is 0.625. The summed E-state index contributed by atoms with van der Waals surface area (Å²) in [5.74, 6) is -0.243. The van der Waals surface area contributed by atoms with Gasteiger partial charge in [-0.2, -0.15) is 0 Å². The van der Waals surface area contributed by atoms with Crippen molar-refractivity contribution in [1.29, 1.82) is 0 Å². The van der Waals surface area contributed by atoms with Gasteiger partial charge in [0.2, 0.25) is 0 Å². The first-order valence-electron chi connectivity index (χ1n) is 7.32. The molecule has 0 aromatic heterocycles. The topological polar surface area (TPSA) is 21.3 Å². The van der Waals surface area contributed by atoms with Crippen molar-refractivity contribution in [2.75, 3.05) is 13.7 Å². The maximum absolute atomic E-state index is 13.9. The highest BCUT2D eigenvalue weighted by Crippen LogP contribution is 2.18. The molecule has 0 saturated carbocycles. The number of nitrogens with one attached hydrogen (secondary N) is 1. The van der Waals surface area contributed by atoms with Crippen molar-refractivity contribution in [3.05, 3.63) is 34.6 Å². The lowest BCUT2D eigenvalue weighted by Gasteiger charge is -2.27. The van der Waals surface area contributed by atoms with Crippen LogP contribution in [0.3, 0.4) is 0 Å². The van der Waals surface area contributed by atoms with Gasteiger partial charge in [-0.15, -0.1) is 0 Å². The van der Waals surface area contributed by atoms with E-state index in [9.17, 15) is 4.39 Å². The molecule has 20 heavy (non-hydrogen) atoms. The molecule has 1 rings (SSSR count). The van der Waals surface area contributed by atoms with Crippen LogP contribution in [0.2, 0.25) is 5.02 Å². The molecule has 0 spiro atoms. The number of methoxy groups -OCH3 is 1. The van der Waals surface area contributed by atoms with Gasteiger partial charge in [0.15, 0.2) is 0 Å². The van der Waals surface area contributed by atoms with Crippen molar-refractivity contribution in [3.8, 4) is 0 Å². The van der Waals surface area contributed by atoms with E-state index in [1.165, 1.54) is 6.07 Å². The highest BCUT2D eigenvalue weighted by Gasteiger charge is 2.21. The van der Waals surface area contributed by atoms with Gasteiger partial charge in [-0.05, 0) is 43.5 Å². The summed E-state index contributed by atoms with van der Waals surface area (Å²) in [5, 5.41) is 3.90. The molecule has 1 aromatic rings. The standard InChI is InChI=1S/C16H25ClFNO/c1-4-6-16(20-3)15(19-9-5-2)10-12-7-8-13(17)11-14(12)18/h7-8,11,15-16,19H,4-6,9-10H2,1-3H3. The number of hydrogen-bond acceptors (Lipinski definition) is 2. The Morgan fingerprint density at radius 2 is 2.05 bits per heavy atom. The average Bonchev–Trinajstić information content (AvgIpc) is 2.43. The van der Waals surface area contributed by atoms with Crippen LogP contribution in [0.15, 0.2) is 18.2 Å². The highest BCUT2D eigenvalue weighted by molar-refractivity contribution is 6.30. The lowest BCUT2D eigenvalue weighted by atomic mass is 9.97. The van der Waals surface area contributed by atoms with Crippen LogP contribution < -0.4 is 5.32 Å². The van der Waals surface area contributed by atoms with Gasteiger partial charge in [-0.3, -0.25) is 0 Å². The van der Waals surface area contributed by atoms with Crippen LogP contribution in [0.5, 0.6) is 0 Å². The molecule has 1 aromatic carbocycles. The maximum atomic E-state index is 13.9. The van der Waals surface area contributed by atoms with Crippen molar-refractivity contribution in [2.24, 2.45) is 0 Å². The monoisotopic (exact) mass is 301 g/mol. The minimum atomic E-state index is -0.243.